The third kappa shape index (κ3) is 3.10. The van der Waals surface area contributed by atoms with Gasteiger partial charge in [-0.15, -0.1) is 0 Å². The molecule has 0 unspecified atom stereocenters. The molecule has 20 heavy (non-hydrogen) atoms. The van der Waals surface area contributed by atoms with Gasteiger partial charge in [0.05, 0.1) is 24.3 Å². The van der Waals surface area contributed by atoms with E-state index in [2.05, 4.69) is 22.9 Å². The van der Waals surface area contributed by atoms with E-state index in [1.165, 1.54) is 0 Å². The normalized spacial score (nSPS) is 32.0. The summed E-state index contributed by atoms with van der Waals surface area (Å²) in [6, 6.07) is 0. The van der Waals surface area contributed by atoms with Gasteiger partial charge >= 0.3 is 0 Å². The van der Waals surface area contributed by atoms with Crippen molar-refractivity contribution in [1.29, 1.82) is 0 Å². The summed E-state index contributed by atoms with van der Waals surface area (Å²) in [6.07, 6.45) is 2.18. The van der Waals surface area contributed by atoms with Crippen molar-refractivity contribution in [2.24, 2.45) is 11.3 Å². The summed E-state index contributed by atoms with van der Waals surface area (Å²) in [5.41, 5.74) is -0.380. The van der Waals surface area contributed by atoms with Crippen molar-refractivity contribution < 1.29 is 19.0 Å². The predicted octanol–water partition coefficient (Wildman–Crippen LogP) is 3.40. The summed E-state index contributed by atoms with van der Waals surface area (Å²) in [7, 11) is 0. The van der Waals surface area contributed by atoms with Crippen LogP contribution in [0.4, 0.5) is 0 Å². The van der Waals surface area contributed by atoms with E-state index in [1.807, 2.05) is 13.8 Å². The van der Waals surface area contributed by atoms with Crippen LogP contribution in [0.5, 0.6) is 0 Å². The van der Waals surface area contributed by atoms with Crippen molar-refractivity contribution >= 4 is 21.7 Å². The van der Waals surface area contributed by atoms with Crippen molar-refractivity contribution in [1.82, 2.24) is 0 Å². The number of hydrogen-bond donors (Lipinski definition) is 0. The fraction of sp³-hybridized carbons (Fsp3) is 0.800. The molecule has 2 rings (SSSR count). The average Bonchev–Trinajstić information content (AvgIpc) is 2.94. The minimum absolute atomic E-state index is 0.137. The lowest BCUT2D eigenvalue weighted by Crippen LogP contribution is -2.39. The topological polar surface area (TPSA) is 44.8 Å². The monoisotopic (exact) mass is 346 g/mol. The molecule has 0 N–H and O–H groups in total. The van der Waals surface area contributed by atoms with Crippen LogP contribution in [0.1, 0.15) is 40.0 Å². The van der Waals surface area contributed by atoms with Crippen molar-refractivity contribution in [2.45, 2.75) is 46.3 Å². The predicted molar refractivity (Wildman–Crippen MR) is 79.4 cm³/mol. The Hall–Kier alpha value is -0.390. The Kier molecular flexibility index (Phi) is 5.26. The standard InChI is InChI=1S/C15H23BrO4/c1-4-18-11-9-10(2)15(3,14(17)13(11)16)6-5-12-19-7-8-20-12/h10,12H,4-9H2,1-3H3/t10-,15-/m0/s1. The van der Waals surface area contributed by atoms with Crippen LogP contribution >= 0.6 is 15.9 Å². The van der Waals surface area contributed by atoms with Gasteiger partial charge in [0.15, 0.2) is 12.1 Å². The summed E-state index contributed by atoms with van der Waals surface area (Å²) in [6.45, 7) is 7.99. The average molecular weight is 347 g/mol. The molecular formula is C15H23BrO4. The number of ether oxygens (including phenoxy) is 3. The van der Waals surface area contributed by atoms with Crippen LogP contribution in [-0.4, -0.2) is 31.9 Å². The Balaban J connectivity index is 2.07. The second-order valence-corrected chi connectivity index (χ2v) is 6.52. The van der Waals surface area contributed by atoms with Gasteiger partial charge in [0.1, 0.15) is 5.76 Å². The molecule has 0 saturated carbocycles. The summed E-state index contributed by atoms with van der Waals surface area (Å²) < 4.78 is 17.1. The molecule has 5 heteroatoms. The molecule has 0 spiro atoms. The maximum Gasteiger partial charge on any atom is 0.179 e. The zero-order valence-corrected chi connectivity index (χ0v) is 14.0. The van der Waals surface area contributed by atoms with Crippen LogP contribution in [0.15, 0.2) is 10.2 Å². The van der Waals surface area contributed by atoms with Crippen molar-refractivity contribution in [2.75, 3.05) is 19.8 Å². The Bertz CT molecular complexity index is 401. The first-order chi connectivity index (χ1) is 9.49. The highest BCUT2D eigenvalue weighted by Gasteiger charge is 2.45. The second kappa shape index (κ2) is 6.58. The highest BCUT2D eigenvalue weighted by molar-refractivity contribution is 9.12. The molecule has 114 valence electrons. The van der Waals surface area contributed by atoms with Gasteiger partial charge in [0.25, 0.3) is 0 Å². The number of rotatable bonds is 5. The van der Waals surface area contributed by atoms with E-state index in [9.17, 15) is 4.79 Å². The van der Waals surface area contributed by atoms with Crippen LogP contribution in [-0.2, 0) is 19.0 Å². The first kappa shape index (κ1) is 16.0. The summed E-state index contributed by atoms with van der Waals surface area (Å²) in [4.78, 5) is 12.7. The molecule has 4 nitrogen and oxygen atoms in total. The van der Waals surface area contributed by atoms with Gasteiger partial charge in [-0.25, -0.2) is 0 Å². The second-order valence-electron chi connectivity index (χ2n) is 5.73. The maximum absolute atomic E-state index is 12.7. The van der Waals surface area contributed by atoms with Crippen molar-refractivity contribution in [3.8, 4) is 0 Å². The minimum atomic E-state index is -0.380. The first-order valence-electron chi connectivity index (χ1n) is 7.28. The number of carbonyl (C=O) groups excluding carboxylic acids is 1. The smallest absolute Gasteiger partial charge is 0.179 e. The molecule has 1 fully saturated rings. The molecule has 0 radical (unpaired) electrons. The third-order valence-electron chi connectivity index (χ3n) is 4.45. The van der Waals surface area contributed by atoms with E-state index in [-0.39, 0.29) is 23.4 Å². The number of Topliss-reactive ketones (excluding diaryl/α,β-unsaturated/α-hetero) is 1. The lowest BCUT2D eigenvalue weighted by atomic mass is 9.67. The fourth-order valence-electron chi connectivity index (χ4n) is 2.84. The molecule has 1 saturated heterocycles. The Morgan fingerprint density at radius 2 is 2.05 bits per heavy atom. The van der Waals surface area contributed by atoms with Crippen LogP contribution in [0.2, 0.25) is 0 Å². The molecule has 2 aliphatic rings. The van der Waals surface area contributed by atoms with Crippen molar-refractivity contribution in [3.05, 3.63) is 10.2 Å². The highest BCUT2D eigenvalue weighted by atomic mass is 79.9. The Morgan fingerprint density at radius 1 is 1.40 bits per heavy atom. The van der Waals surface area contributed by atoms with E-state index >= 15 is 0 Å². The van der Waals surface area contributed by atoms with Gasteiger partial charge in [-0.2, -0.15) is 0 Å². The van der Waals surface area contributed by atoms with Crippen molar-refractivity contribution in [3.63, 3.8) is 0 Å². The van der Waals surface area contributed by atoms with Gasteiger partial charge in [0, 0.05) is 11.8 Å². The van der Waals surface area contributed by atoms with E-state index in [0.29, 0.717) is 24.3 Å². The van der Waals surface area contributed by atoms with Gasteiger partial charge in [-0.1, -0.05) is 13.8 Å². The Morgan fingerprint density at radius 3 is 2.65 bits per heavy atom. The lowest BCUT2D eigenvalue weighted by Gasteiger charge is -2.39. The maximum atomic E-state index is 12.7. The molecule has 0 aromatic rings. The lowest BCUT2D eigenvalue weighted by molar-refractivity contribution is -0.129. The highest BCUT2D eigenvalue weighted by Crippen LogP contribution is 2.46. The van der Waals surface area contributed by atoms with Gasteiger partial charge in [-0.05, 0) is 41.6 Å². The summed E-state index contributed by atoms with van der Waals surface area (Å²) >= 11 is 3.42. The van der Waals surface area contributed by atoms with Gasteiger partial charge in [-0.3, -0.25) is 4.79 Å². The molecule has 0 aromatic carbocycles. The third-order valence-corrected chi connectivity index (χ3v) is 5.25. The zero-order valence-electron chi connectivity index (χ0n) is 12.4. The van der Waals surface area contributed by atoms with Crippen LogP contribution in [0.25, 0.3) is 0 Å². The molecular weight excluding hydrogens is 324 g/mol. The van der Waals surface area contributed by atoms with E-state index in [4.69, 9.17) is 14.2 Å². The van der Waals surface area contributed by atoms with Crippen LogP contribution in [0.3, 0.4) is 0 Å². The molecule has 0 bridgehead atoms. The van der Waals surface area contributed by atoms with Gasteiger partial charge in [0.2, 0.25) is 0 Å². The number of hydrogen-bond acceptors (Lipinski definition) is 4. The summed E-state index contributed by atoms with van der Waals surface area (Å²) in [5.74, 6) is 1.17. The summed E-state index contributed by atoms with van der Waals surface area (Å²) in [5, 5.41) is 0. The van der Waals surface area contributed by atoms with E-state index < -0.39 is 0 Å². The zero-order chi connectivity index (χ0) is 14.8. The van der Waals surface area contributed by atoms with E-state index in [0.717, 1.165) is 25.0 Å². The fourth-order valence-corrected chi connectivity index (χ4v) is 3.57. The largest absolute Gasteiger partial charge is 0.497 e. The molecule has 1 aliphatic carbocycles. The molecule has 1 aliphatic heterocycles. The molecule has 0 amide bonds. The van der Waals surface area contributed by atoms with Crippen LogP contribution in [0, 0.1) is 11.3 Å². The number of halogens is 1. The number of allylic oxidation sites excluding steroid dienone is 2. The number of ketones is 1. The quantitative estimate of drug-likeness (QED) is 0.765. The van der Waals surface area contributed by atoms with E-state index in [1.54, 1.807) is 0 Å². The SMILES string of the molecule is CCOC1=C(Br)C(=O)[C@@](C)(CCC2OCCO2)[C@@H](C)C1. The Labute approximate surface area is 129 Å². The molecule has 0 aromatic heterocycles. The number of carbonyl (C=O) groups is 1. The molecule has 1 heterocycles. The van der Waals surface area contributed by atoms with Gasteiger partial charge < -0.3 is 14.2 Å². The minimum Gasteiger partial charge on any atom is -0.497 e. The van der Waals surface area contributed by atoms with Crippen LogP contribution < -0.4 is 0 Å². The first-order valence-corrected chi connectivity index (χ1v) is 8.07. The molecule has 2 atom stereocenters.